The maximum Gasteiger partial charge on any atom is 0.255 e. The van der Waals surface area contributed by atoms with Crippen LogP contribution in [0.15, 0.2) is 42.5 Å². The first-order valence-electron chi connectivity index (χ1n) is 8.09. The Kier molecular flexibility index (Phi) is 4.74. The lowest BCUT2D eigenvalue weighted by atomic mass is 10.1. The van der Waals surface area contributed by atoms with Crippen LogP contribution in [-0.2, 0) is 6.54 Å². The Morgan fingerprint density at radius 3 is 2.83 bits per heavy atom. The van der Waals surface area contributed by atoms with Crippen molar-refractivity contribution in [2.45, 2.75) is 26.8 Å². The monoisotopic (exact) mass is 324 g/mol. The van der Waals surface area contributed by atoms with Crippen molar-refractivity contribution >= 4 is 22.6 Å². The van der Waals surface area contributed by atoms with Crippen LogP contribution in [0, 0.1) is 0 Å². The van der Waals surface area contributed by atoms with Gasteiger partial charge in [-0.25, -0.2) is 4.68 Å². The molecule has 6 heteroatoms. The minimum atomic E-state index is -0.199. The van der Waals surface area contributed by atoms with Crippen LogP contribution in [0.4, 0.5) is 5.69 Å². The highest BCUT2D eigenvalue weighted by Gasteiger charge is 2.12. The van der Waals surface area contributed by atoms with Gasteiger partial charge in [0.2, 0.25) is 0 Å². The van der Waals surface area contributed by atoms with E-state index in [-0.39, 0.29) is 5.91 Å². The molecular formula is C18H20N4O2. The molecule has 1 heterocycles. The summed E-state index contributed by atoms with van der Waals surface area (Å²) in [6, 6.07) is 12.8. The van der Waals surface area contributed by atoms with Crippen molar-refractivity contribution in [1.82, 2.24) is 15.0 Å². The average molecular weight is 324 g/mol. The Labute approximate surface area is 140 Å². The van der Waals surface area contributed by atoms with Gasteiger partial charge in [0, 0.05) is 12.1 Å². The second-order valence-corrected chi connectivity index (χ2v) is 5.41. The van der Waals surface area contributed by atoms with Gasteiger partial charge in [0.05, 0.1) is 17.8 Å². The van der Waals surface area contributed by atoms with Crippen molar-refractivity contribution < 1.29 is 9.53 Å². The number of hydrogen-bond donors (Lipinski definition) is 1. The summed E-state index contributed by atoms with van der Waals surface area (Å²) in [5.41, 5.74) is 2.82. The summed E-state index contributed by atoms with van der Waals surface area (Å²) in [5.74, 6) is 0.473. The van der Waals surface area contributed by atoms with Crippen molar-refractivity contribution in [2.75, 3.05) is 11.9 Å². The summed E-state index contributed by atoms with van der Waals surface area (Å²) in [4.78, 5) is 12.5. The molecule has 0 atom stereocenters. The number of para-hydroxylation sites is 2. The molecule has 3 rings (SSSR count). The van der Waals surface area contributed by atoms with Crippen LogP contribution in [-0.4, -0.2) is 27.5 Å². The molecule has 0 bridgehead atoms. The topological polar surface area (TPSA) is 69.0 Å². The number of amides is 1. The Hall–Kier alpha value is -2.89. The van der Waals surface area contributed by atoms with Crippen LogP contribution in [0.3, 0.4) is 0 Å². The van der Waals surface area contributed by atoms with E-state index in [1.54, 1.807) is 16.8 Å². The molecule has 2 aromatic carbocycles. The van der Waals surface area contributed by atoms with Crippen LogP contribution < -0.4 is 10.1 Å². The lowest BCUT2D eigenvalue weighted by Gasteiger charge is -2.12. The predicted molar refractivity (Wildman–Crippen MR) is 93.4 cm³/mol. The van der Waals surface area contributed by atoms with Gasteiger partial charge in [0.15, 0.2) is 0 Å². The van der Waals surface area contributed by atoms with E-state index in [1.807, 2.05) is 44.2 Å². The molecule has 0 radical (unpaired) electrons. The Morgan fingerprint density at radius 2 is 2.04 bits per heavy atom. The van der Waals surface area contributed by atoms with Crippen molar-refractivity contribution in [3.63, 3.8) is 0 Å². The van der Waals surface area contributed by atoms with Gasteiger partial charge in [-0.3, -0.25) is 4.79 Å². The summed E-state index contributed by atoms with van der Waals surface area (Å²) in [5, 5.41) is 11.1. The van der Waals surface area contributed by atoms with E-state index in [2.05, 4.69) is 15.6 Å². The smallest absolute Gasteiger partial charge is 0.255 e. The minimum absolute atomic E-state index is 0.199. The van der Waals surface area contributed by atoms with Gasteiger partial charge in [-0.1, -0.05) is 24.3 Å². The highest BCUT2D eigenvalue weighted by Crippen LogP contribution is 2.25. The highest BCUT2D eigenvalue weighted by atomic mass is 16.5. The largest absolute Gasteiger partial charge is 0.491 e. The molecule has 0 saturated carbocycles. The van der Waals surface area contributed by atoms with Gasteiger partial charge in [0.1, 0.15) is 11.3 Å². The highest BCUT2D eigenvalue weighted by molar-refractivity contribution is 6.06. The zero-order chi connectivity index (χ0) is 16.9. The lowest BCUT2D eigenvalue weighted by molar-refractivity contribution is 0.102. The number of aryl methyl sites for hydroxylation is 1. The summed E-state index contributed by atoms with van der Waals surface area (Å²) >= 11 is 0. The van der Waals surface area contributed by atoms with Crippen molar-refractivity contribution in [1.29, 1.82) is 0 Å². The fourth-order valence-corrected chi connectivity index (χ4v) is 2.45. The first-order chi connectivity index (χ1) is 11.7. The standard InChI is InChI=1S/C18H20N4O2/c1-3-11-24-17-8-6-5-7-14(17)19-18(23)13-9-10-16-15(12-13)20-21-22(16)4-2/h5-10,12H,3-4,11H2,1-2H3,(H,19,23). The van der Waals surface area contributed by atoms with Crippen LogP contribution in [0.5, 0.6) is 5.75 Å². The number of carbonyl (C=O) groups excluding carboxylic acids is 1. The zero-order valence-electron chi connectivity index (χ0n) is 13.8. The number of carbonyl (C=O) groups is 1. The van der Waals surface area contributed by atoms with E-state index in [1.165, 1.54) is 0 Å². The number of rotatable bonds is 6. The third kappa shape index (κ3) is 3.22. The Bertz CT molecular complexity index is 857. The summed E-state index contributed by atoms with van der Waals surface area (Å²) in [7, 11) is 0. The molecule has 1 N–H and O–H groups in total. The second-order valence-electron chi connectivity index (χ2n) is 5.41. The SMILES string of the molecule is CCCOc1ccccc1NC(=O)c1ccc2c(c1)nnn2CC. The van der Waals surface area contributed by atoms with Gasteiger partial charge >= 0.3 is 0 Å². The van der Waals surface area contributed by atoms with Gasteiger partial charge in [0.25, 0.3) is 5.91 Å². The maximum atomic E-state index is 12.5. The third-order valence-electron chi connectivity index (χ3n) is 3.67. The van der Waals surface area contributed by atoms with E-state index >= 15 is 0 Å². The molecule has 1 amide bonds. The molecule has 0 unspecified atom stereocenters. The van der Waals surface area contributed by atoms with Crippen molar-refractivity contribution in [2.24, 2.45) is 0 Å². The Balaban J connectivity index is 1.82. The Morgan fingerprint density at radius 1 is 1.21 bits per heavy atom. The van der Waals surface area contributed by atoms with E-state index < -0.39 is 0 Å². The molecule has 0 spiro atoms. The third-order valence-corrected chi connectivity index (χ3v) is 3.67. The lowest BCUT2D eigenvalue weighted by Crippen LogP contribution is -2.13. The van der Waals surface area contributed by atoms with Gasteiger partial charge in [-0.2, -0.15) is 0 Å². The number of ether oxygens (including phenoxy) is 1. The van der Waals surface area contributed by atoms with E-state index in [0.717, 1.165) is 18.5 Å². The maximum absolute atomic E-state index is 12.5. The van der Waals surface area contributed by atoms with Crippen molar-refractivity contribution in [3.8, 4) is 5.75 Å². The molecule has 3 aromatic rings. The van der Waals surface area contributed by atoms with Crippen LogP contribution >= 0.6 is 0 Å². The first kappa shape index (κ1) is 16.0. The quantitative estimate of drug-likeness (QED) is 0.753. The van der Waals surface area contributed by atoms with Crippen LogP contribution in [0.1, 0.15) is 30.6 Å². The molecule has 124 valence electrons. The molecule has 0 aliphatic rings. The van der Waals surface area contributed by atoms with Crippen LogP contribution in [0.25, 0.3) is 11.0 Å². The normalized spacial score (nSPS) is 10.8. The molecule has 24 heavy (non-hydrogen) atoms. The average Bonchev–Trinajstić information content (AvgIpc) is 3.03. The molecule has 6 nitrogen and oxygen atoms in total. The summed E-state index contributed by atoms with van der Waals surface area (Å²) in [6.07, 6.45) is 0.909. The summed E-state index contributed by atoms with van der Waals surface area (Å²) < 4.78 is 7.47. The number of anilines is 1. The van der Waals surface area contributed by atoms with E-state index in [9.17, 15) is 4.79 Å². The first-order valence-corrected chi connectivity index (χ1v) is 8.09. The van der Waals surface area contributed by atoms with Crippen LogP contribution in [0.2, 0.25) is 0 Å². The number of aromatic nitrogens is 3. The van der Waals surface area contributed by atoms with Gasteiger partial charge in [-0.15, -0.1) is 5.10 Å². The molecule has 1 aromatic heterocycles. The van der Waals surface area contributed by atoms with E-state index in [0.29, 0.717) is 29.1 Å². The minimum Gasteiger partial charge on any atom is -0.491 e. The van der Waals surface area contributed by atoms with Crippen molar-refractivity contribution in [3.05, 3.63) is 48.0 Å². The van der Waals surface area contributed by atoms with Gasteiger partial charge in [-0.05, 0) is 43.7 Å². The number of benzene rings is 2. The number of nitrogens with one attached hydrogen (secondary N) is 1. The molecule has 0 fully saturated rings. The fraction of sp³-hybridized carbons (Fsp3) is 0.278. The molecule has 0 aliphatic heterocycles. The van der Waals surface area contributed by atoms with Gasteiger partial charge < -0.3 is 10.1 Å². The second kappa shape index (κ2) is 7.12. The van der Waals surface area contributed by atoms with E-state index in [4.69, 9.17) is 4.74 Å². The number of nitrogens with zero attached hydrogens (tertiary/aromatic N) is 3. The number of fused-ring (bicyclic) bond motifs is 1. The fourth-order valence-electron chi connectivity index (χ4n) is 2.45. The number of hydrogen-bond acceptors (Lipinski definition) is 4. The molecule has 0 aliphatic carbocycles. The molecule has 0 saturated heterocycles. The summed E-state index contributed by atoms with van der Waals surface area (Å²) in [6.45, 7) is 5.39. The molecular weight excluding hydrogens is 304 g/mol. The predicted octanol–water partition coefficient (Wildman–Crippen LogP) is 3.49. The zero-order valence-corrected chi connectivity index (χ0v) is 13.8.